The summed E-state index contributed by atoms with van der Waals surface area (Å²) in [7, 11) is 1.85. The zero-order chi connectivity index (χ0) is 18.2. The van der Waals surface area contributed by atoms with E-state index in [2.05, 4.69) is 5.32 Å². The van der Waals surface area contributed by atoms with Gasteiger partial charge in [-0.3, -0.25) is 0 Å². The molecule has 0 aliphatic heterocycles. The van der Waals surface area contributed by atoms with Crippen LogP contribution in [-0.4, -0.2) is 24.8 Å². The fraction of sp³-hybridized carbons (Fsp3) is 0.182. The number of hydrogen-bond donors (Lipinski definition) is 2. The second kappa shape index (κ2) is 10.6. The fourth-order valence-electron chi connectivity index (χ4n) is 2.57. The van der Waals surface area contributed by atoms with Crippen molar-refractivity contribution in [1.29, 1.82) is 0 Å². The van der Waals surface area contributed by atoms with Crippen LogP contribution in [0.4, 0.5) is 0 Å². The first-order valence-corrected chi connectivity index (χ1v) is 8.64. The molecule has 1 atom stereocenters. The molecule has 0 bridgehead atoms. The van der Waals surface area contributed by atoms with E-state index < -0.39 is 0 Å². The van der Waals surface area contributed by atoms with Crippen LogP contribution in [0.2, 0.25) is 0 Å². The molecule has 4 nitrogen and oxygen atoms in total. The van der Waals surface area contributed by atoms with E-state index >= 15 is 0 Å². The van der Waals surface area contributed by atoms with Gasteiger partial charge >= 0.3 is 0 Å². The standard InChI is InChI=1S/C22H23NO3.ClH/c1-23-18(16-24)15-17-7-9-20(10-8-17)26-22-13-11-21(12-14-22)25-19-5-3-2-4-6-19;/h2-14,18,23-24H,15-16H2,1H3;1H/t18-;/m0./s1. The van der Waals surface area contributed by atoms with Crippen molar-refractivity contribution in [3.8, 4) is 23.0 Å². The molecule has 0 aromatic heterocycles. The number of benzene rings is 3. The molecule has 0 amide bonds. The van der Waals surface area contributed by atoms with E-state index in [1.807, 2.05) is 85.9 Å². The maximum atomic E-state index is 9.25. The molecule has 2 N–H and O–H groups in total. The highest BCUT2D eigenvalue weighted by Gasteiger charge is 2.06. The Morgan fingerprint density at radius 1 is 0.741 bits per heavy atom. The third kappa shape index (κ3) is 6.29. The summed E-state index contributed by atoms with van der Waals surface area (Å²) in [5.74, 6) is 3.10. The predicted molar refractivity (Wildman–Crippen MR) is 110 cm³/mol. The van der Waals surface area contributed by atoms with E-state index in [1.165, 1.54) is 0 Å². The highest BCUT2D eigenvalue weighted by molar-refractivity contribution is 5.85. The van der Waals surface area contributed by atoms with Crippen LogP contribution in [0.15, 0.2) is 78.9 Å². The van der Waals surface area contributed by atoms with Crippen LogP contribution in [0.3, 0.4) is 0 Å². The third-order valence-electron chi connectivity index (χ3n) is 4.07. The van der Waals surface area contributed by atoms with Crippen molar-refractivity contribution in [2.45, 2.75) is 12.5 Å². The quantitative estimate of drug-likeness (QED) is 0.584. The minimum atomic E-state index is 0. The fourth-order valence-corrected chi connectivity index (χ4v) is 2.57. The monoisotopic (exact) mass is 385 g/mol. The summed E-state index contributed by atoms with van der Waals surface area (Å²) in [6, 6.07) is 25.2. The van der Waals surface area contributed by atoms with Crippen LogP contribution < -0.4 is 14.8 Å². The molecular weight excluding hydrogens is 362 g/mol. The Balaban J connectivity index is 0.00000261. The lowest BCUT2D eigenvalue weighted by atomic mass is 10.1. The van der Waals surface area contributed by atoms with Gasteiger partial charge in [-0.05, 0) is 67.6 Å². The summed E-state index contributed by atoms with van der Waals surface area (Å²) in [4.78, 5) is 0. The van der Waals surface area contributed by atoms with E-state index in [-0.39, 0.29) is 25.1 Å². The molecule has 0 radical (unpaired) electrons. The molecule has 0 saturated carbocycles. The summed E-state index contributed by atoms with van der Waals surface area (Å²) in [6.07, 6.45) is 0.777. The number of ether oxygens (including phenoxy) is 2. The molecular formula is C22H24ClNO3. The van der Waals surface area contributed by atoms with Crippen LogP contribution in [0.25, 0.3) is 0 Å². The third-order valence-corrected chi connectivity index (χ3v) is 4.07. The van der Waals surface area contributed by atoms with Crippen LogP contribution >= 0.6 is 12.4 Å². The minimum Gasteiger partial charge on any atom is -0.457 e. The van der Waals surface area contributed by atoms with E-state index in [0.717, 1.165) is 35.0 Å². The number of nitrogens with one attached hydrogen (secondary N) is 1. The SMILES string of the molecule is CN[C@H](CO)Cc1ccc(Oc2ccc(Oc3ccccc3)cc2)cc1.Cl. The van der Waals surface area contributed by atoms with Gasteiger partial charge in [0.2, 0.25) is 0 Å². The van der Waals surface area contributed by atoms with Gasteiger partial charge < -0.3 is 19.9 Å². The Labute approximate surface area is 166 Å². The molecule has 142 valence electrons. The Bertz CT molecular complexity index is 788. The lowest BCUT2D eigenvalue weighted by Gasteiger charge is -2.13. The summed E-state index contributed by atoms with van der Waals surface area (Å²) >= 11 is 0. The molecule has 3 aromatic rings. The number of hydrogen-bond acceptors (Lipinski definition) is 4. The van der Waals surface area contributed by atoms with Crippen LogP contribution in [-0.2, 0) is 6.42 Å². The number of aliphatic hydroxyl groups is 1. The van der Waals surface area contributed by atoms with Crippen molar-refractivity contribution < 1.29 is 14.6 Å². The molecule has 0 aliphatic carbocycles. The van der Waals surface area contributed by atoms with Crippen molar-refractivity contribution in [3.63, 3.8) is 0 Å². The highest BCUT2D eigenvalue weighted by Crippen LogP contribution is 2.26. The first-order valence-electron chi connectivity index (χ1n) is 8.64. The van der Waals surface area contributed by atoms with E-state index in [4.69, 9.17) is 9.47 Å². The molecule has 0 spiro atoms. The van der Waals surface area contributed by atoms with Crippen molar-refractivity contribution in [2.75, 3.05) is 13.7 Å². The molecule has 0 unspecified atom stereocenters. The van der Waals surface area contributed by atoms with Gasteiger partial charge in [0.1, 0.15) is 23.0 Å². The zero-order valence-electron chi connectivity index (χ0n) is 15.2. The molecule has 0 aliphatic rings. The van der Waals surface area contributed by atoms with Crippen LogP contribution in [0, 0.1) is 0 Å². The van der Waals surface area contributed by atoms with Gasteiger partial charge in [-0.25, -0.2) is 0 Å². The number of rotatable bonds is 8. The molecule has 0 heterocycles. The van der Waals surface area contributed by atoms with Gasteiger partial charge in [-0.1, -0.05) is 30.3 Å². The molecule has 3 rings (SSSR count). The van der Waals surface area contributed by atoms with Crippen LogP contribution in [0.1, 0.15) is 5.56 Å². The van der Waals surface area contributed by atoms with E-state index in [0.29, 0.717) is 0 Å². The lowest BCUT2D eigenvalue weighted by Crippen LogP contribution is -2.31. The maximum absolute atomic E-state index is 9.25. The Morgan fingerprint density at radius 3 is 1.63 bits per heavy atom. The average Bonchev–Trinajstić information content (AvgIpc) is 2.70. The van der Waals surface area contributed by atoms with E-state index in [9.17, 15) is 5.11 Å². The average molecular weight is 386 g/mol. The van der Waals surface area contributed by atoms with Crippen molar-refractivity contribution in [3.05, 3.63) is 84.4 Å². The van der Waals surface area contributed by atoms with Crippen molar-refractivity contribution >= 4 is 12.4 Å². The number of para-hydroxylation sites is 1. The second-order valence-electron chi connectivity index (χ2n) is 6.00. The van der Waals surface area contributed by atoms with Crippen molar-refractivity contribution in [1.82, 2.24) is 5.32 Å². The Kier molecular flexibility index (Phi) is 8.14. The number of halogens is 1. The van der Waals surface area contributed by atoms with Crippen LogP contribution in [0.5, 0.6) is 23.0 Å². The number of aliphatic hydroxyl groups excluding tert-OH is 1. The first kappa shape index (κ1) is 20.8. The molecule has 27 heavy (non-hydrogen) atoms. The Hall–Kier alpha value is -2.53. The summed E-state index contributed by atoms with van der Waals surface area (Å²) in [6.45, 7) is 0.117. The lowest BCUT2D eigenvalue weighted by molar-refractivity contribution is 0.248. The first-order chi connectivity index (χ1) is 12.8. The predicted octanol–water partition coefficient (Wildman–Crippen LogP) is 4.82. The van der Waals surface area contributed by atoms with Crippen molar-refractivity contribution in [2.24, 2.45) is 0 Å². The maximum Gasteiger partial charge on any atom is 0.127 e. The topological polar surface area (TPSA) is 50.7 Å². The molecule has 0 saturated heterocycles. The summed E-state index contributed by atoms with van der Waals surface area (Å²) < 4.78 is 11.7. The van der Waals surface area contributed by atoms with Gasteiger partial charge in [-0.2, -0.15) is 0 Å². The normalized spacial score (nSPS) is 11.3. The van der Waals surface area contributed by atoms with Gasteiger partial charge in [0.15, 0.2) is 0 Å². The number of likely N-dealkylation sites (N-methyl/N-ethyl adjacent to an activating group) is 1. The smallest absolute Gasteiger partial charge is 0.127 e. The van der Waals surface area contributed by atoms with E-state index in [1.54, 1.807) is 0 Å². The Morgan fingerprint density at radius 2 is 1.19 bits per heavy atom. The van der Waals surface area contributed by atoms with Gasteiger partial charge in [0, 0.05) is 6.04 Å². The minimum absolute atomic E-state index is 0. The summed E-state index contributed by atoms with van der Waals surface area (Å²) in [5.41, 5.74) is 1.15. The molecule has 5 heteroatoms. The zero-order valence-corrected chi connectivity index (χ0v) is 16.0. The van der Waals surface area contributed by atoms with Gasteiger partial charge in [0.05, 0.1) is 6.61 Å². The second-order valence-corrected chi connectivity index (χ2v) is 6.00. The molecule has 0 fully saturated rings. The molecule has 3 aromatic carbocycles. The largest absolute Gasteiger partial charge is 0.457 e. The van der Waals surface area contributed by atoms with Gasteiger partial charge in [-0.15, -0.1) is 12.4 Å². The summed E-state index contributed by atoms with van der Waals surface area (Å²) in [5, 5.41) is 12.3. The highest BCUT2D eigenvalue weighted by atomic mass is 35.5. The van der Waals surface area contributed by atoms with Gasteiger partial charge in [0.25, 0.3) is 0 Å².